The fourth-order valence-electron chi connectivity index (χ4n) is 10.4. The lowest BCUT2D eigenvalue weighted by atomic mass is 9.88. The highest BCUT2D eigenvalue weighted by molar-refractivity contribution is 6.25. The fraction of sp³-hybridized carbons (Fsp3) is 0.117. The van der Waals surface area contributed by atoms with E-state index in [9.17, 15) is 0 Å². The fourth-order valence-corrected chi connectivity index (χ4v) is 10.4. The van der Waals surface area contributed by atoms with Crippen LogP contribution in [0.2, 0.25) is 0 Å². The molecule has 0 fully saturated rings. The highest BCUT2D eigenvalue weighted by atomic mass is 16.5. The summed E-state index contributed by atoms with van der Waals surface area (Å²) in [4.78, 5) is 9.18. The van der Waals surface area contributed by atoms with Crippen molar-refractivity contribution in [1.82, 2.24) is 18.7 Å². The Morgan fingerprint density at radius 1 is 0.493 bits per heavy atom. The molecule has 0 unspecified atom stereocenters. The van der Waals surface area contributed by atoms with Crippen LogP contribution in [0, 0.1) is 0 Å². The third kappa shape index (κ3) is 6.00. The normalized spacial score (nSPS) is 14.7. The van der Waals surface area contributed by atoms with Crippen LogP contribution in [-0.4, -0.2) is 25.4 Å². The van der Waals surface area contributed by atoms with Crippen molar-refractivity contribution >= 4 is 88.2 Å². The van der Waals surface area contributed by atoms with E-state index >= 15 is 0 Å². The molecule has 0 aliphatic carbocycles. The second-order valence-corrected chi connectivity index (χ2v) is 18.6. The van der Waals surface area contributed by atoms with Crippen molar-refractivity contribution in [2.75, 3.05) is 16.5 Å². The minimum Gasteiger partial charge on any atom is -0.457 e. The van der Waals surface area contributed by atoms with Gasteiger partial charge in [-0.2, -0.15) is 0 Å². The third-order valence-corrected chi connectivity index (χ3v) is 13.6. The molecule has 324 valence electrons. The van der Waals surface area contributed by atoms with E-state index in [0.29, 0.717) is 50.0 Å². The maximum absolute atomic E-state index is 9.04. The maximum atomic E-state index is 9.04. The van der Waals surface area contributed by atoms with Gasteiger partial charge in [-0.25, -0.2) is 4.98 Å². The molecule has 8 aromatic carbocycles. The smallest absolute Gasteiger partial charge is 0.137 e. The van der Waals surface area contributed by atoms with E-state index < -0.39 is 14.0 Å². The Labute approximate surface area is 397 Å². The Morgan fingerprint density at radius 2 is 1.09 bits per heavy atom. The van der Waals surface area contributed by atoms with Crippen molar-refractivity contribution in [3.63, 3.8) is 0 Å². The zero-order valence-corrected chi connectivity index (χ0v) is 37.2. The number of pyridine rings is 1. The van der Waals surface area contributed by atoms with Crippen molar-refractivity contribution in [2.24, 2.45) is 14.0 Å². The van der Waals surface area contributed by atoms with Gasteiger partial charge in [0.1, 0.15) is 24.0 Å². The number of hydrogen-bond acceptors (Lipinski definition) is 4. The molecule has 1 aliphatic heterocycles. The van der Waals surface area contributed by atoms with E-state index in [-0.39, 0.29) is 12.1 Å². The lowest BCUT2D eigenvalue weighted by molar-refractivity contribution is 0.483. The van der Waals surface area contributed by atoms with Gasteiger partial charge in [-0.05, 0) is 94.9 Å². The van der Waals surface area contributed by atoms with Crippen LogP contribution < -0.4 is 14.5 Å². The quantitative estimate of drug-likeness (QED) is 0.167. The first-order valence-electron chi connectivity index (χ1n) is 25.6. The topological polar surface area (TPSA) is 43.4 Å². The summed E-state index contributed by atoms with van der Waals surface area (Å²) in [6.07, 6.45) is 1.88. The summed E-state index contributed by atoms with van der Waals surface area (Å²) in [5.74, 6) is 2.08. The van der Waals surface area contributed by atoms with Crippen molar-refractivity contribution in [2.45, 2.75) is 26.2 Å². The van der Waals surface area contributed by atoms with Crippen LogP contribution in [-0.2, 0) is 19.4 Å². The van der Waals surface area contributed by atoms with E-state index in [1.807, 2.05) is 109 Å². The van der Waals surface area contributed by atoms with Crippen LogP contribution in [0.15, 0.2) is 188 Å². The highest BCUT2D eigenvalue weighted by Crippen LogP contribution is 2.52. The average molecular weight is 875 g/mol. The van der Waals surface area contributed by atoms with Gasteiger partial charge in [0.25, 0.3) is 0 Å². The van der Waals surface area contributed by atoms with Gasteiger partial charge in [0.2, 0.25) is 0 Å². The third-order valence-electron chi connectivity index (χ3n) is 13.6. The summed E-state index contributed by atoms with van der Waals surface area (Å²) in [5.41, 5.74) is 9.91. The lowest BCUT2D eigenvalue weighted by Crippen LogP contribution is -2.25. The molecule has 0 atom stereocenters. The first-order valence-corrected chi connectivity index (χ1v) is 22.6. The van der Waals surface area contributed by atoms with Gasteiger partial charge in [-0.3, -0.25) is 4.57 Å². The summed E-state index contributed by atoms with van der Waals surface area (Å²) in [7, 11) is 0. The lowest BCUT2D eigenvalue weighted by Gasteiger charge is -2.25. The first-order chi connectivity index (χ1) is 35.1. The first kappa shape index (κ1) is 33.2. The molecule has 0 amide bonds. The highest BCUT2D eigenvalue weighted by Gasteiger charge is 2.33. The summed E-state index contributed by atoms with van der Waals surface area (Å²) in [6.45, 7) is 1.59. The SMILES string of the molecule is [2H]C([2H])([2H])n1c2ccccc2c2cc3c4ccccc4n(C([2H])([2H])[2H])c3c(N3CN(c4cc(Oc5ccc6c7ccccc7n(-c7cc(C(C)(C)C)ccn7)c6c5)cc(-c5ccccc5)c4)c4ccccc43)c21. The van der Waals surface area contributed by atoms with Gasteiger partial charge < -0.3 is 23.7 Å². The standard InChI is InChI=1S/C60H48N6O/c1-60(2,3)40-29-30-61-56(33-40)66-52-24-14-11-19-44(52)47-28-27-42(35-55(47)66)67-43-32-39(38-17-7-6-8-18-38)31-41(34-43)64-37-65(54-26-16-15-25-53(54)64)59-57-48(45-20-9-12-22-50(45)62(57)4)36-49-46-21-10-13-23-51(46)63(5)58(49)59/h6-36H,37H2,1-5H3/i4D3,5D3. The van der Waals surface area contributed by atoms with E-state index in [4.69, 9.17) is 17.9 Å². The second kappa shape index (κ2) is 14.6. The van der Waals surface area contributed by atoms with Crippen molar-refractivity contribution < 1.29 is 13.0 Å². The summed E-state index contributed by atoms with van der Waals surface area (Å²) < 4.78 is 66.3. The van der Waals surface area contributed by atoms with Gasteiger partial charge in [0.05, 0.1) is 39.1 Å². The van der Waals surface area contributed by atoms with Crippen LogP contribution in [0.25, 0.3) is 82.4 Å². The molecule has 4 aromatic heterocycles. The van der Waals surface area contributed by atoms with Crippen LogP contribution in [0.1, 0.15) is 34.6 Å². The van der Waals surface area contributed by atoms with Gasteiger partial charge in [0.15, 0.2) is 0 Å². The van der Waals surface area contributed by atoms with Crippen molar-refractivity contribution in [3.8, 4) is 28.4 Å². The second-order valence-electron chi connectivity index (χ2n) is 18.6. The van der Waals surface area contributed by atoms with Crippen molar-refractivity contribution in [1.29, 1.82) is 0 Å². The number of nitrogens with zero attached hydrogens (tertiary/aromatic N) is 6. The minimum atomic E-state index is -2.62. The molecule has 0 N–H and O–H groups in total. The number of aromatic nitrogens is 4. The minimum absolute atomic E-state index is 0.0753. The monoisotopic (exact) mass is 874 g/mol. The zero-order valence-electron chi connectivity index (χ0n) is 43.2. The van der Waals surface area contributed by atoms with Crippen LogP contribution in [0.5, 0.6) is 11.5 Å². The molecule has 0 radical (unpaired) electrons. The molecule has 12 aromatic rings. The largest absolute Gasteiger partial charge is 0.457 e. The molecular formula is C60H48N6O. The Kier molecular flexibility index (Phi) is 7.25. The molecule has 0 bridgehead atoms. The zero-order chi connectivity index (χ0) is 50.1. The van der Waals surface area contributed by atoms with Gasteiger partial charge in [0, 0.05) is 89.5 Å². The van der Waals surface area contributed by atoms with Crippen LogP contribution in [0.3, 0.4) is 0 Å². The molecular weight excluding hydrogens is 821 g/mol. The Balaban J connectivity index is 1.01. The van der Waals surface area contributed by atoms with Gasteiger partial charge in [-0.1, -0.05) is 118 Å². The Morgan fingerprint density at radius 3 is 1.76 bits per heavy atom. The molecule has 7 heteroatoms. The van der Waals surface area contributed by atoms with Crippen molar-refractivity contribution in [3.05, 3.63) is 194 Å². The predicted octanol–water partition coefficient (Wildman–Crippen LogP) is 15.5. The summed E-state index contributed by atoms with van der Waals surface area (Å²) in [5, 5.41) is 5.15. The number of ether oxygens (including phenoxy) is 1. The molecule has 0 saturated carbocycles. The molecule has 0 saturated heterocycles. The number of aryl methyl sites for hydroxylation is 2. The Hall–Kier alpha value is -8.29. The number of rotatable bonds is 6. The van der Waals surface area contributed by atoms with E-state index in [0.717, 1.165) is 66.6 Å². The Bertz CT molecular complexity index is 4090. The number of benzene rings is 8. The average Bonchev–Trinajstić information content (AvgIpc) is 4.12. The van der Waals surface area contributed by atoms with Crippen LogP contribution >= 0.6 is 0 Å². The van der Waals surface area contributed by atoms with Gasteiger partial charge >= 0.3 is 0 Å². The molecule has 13 rings (SSSR count). The molecule has 5 heterocycles. The number of anilines is 4. The summed E-state index contributed by atoms with van der Waals surface area (Å²) in [6, 6.07) is 60.3. The van der Waals surface area contributed by atoms with E-state index in [1.165, 1.54) is 14.7 Å². The number of hydrogen-bond donors (Lipinski definition) is 0. The maximum Gasteiger partial charge on any atom is 0.137 e. The molecule has 1 aliphatic rings. The van der Waals surface area contributed by atoms with Crippen LogP contribution in [0.4, 0.5) is 22.7 Å². The molecule has 67 heavy (non-hydrogen) atoms. The van der Waals surface area contributed by atoms with E-state index in [2.05, 4.69) is 114 Å². The number of fused-ring (bicyclic) bond motifs is 10. The molecule has 0 spiro atoms. The molecule has 7 nitrogen and oxygen atoms in total. The van der Waals surface area contributed by atoms with E-state index in [1.54, 1.807) is 0 Å². The summed E-state index contributed by atoms with van der Waals surface area (Å²) >= 11 is 0. The van der Waals surface area contributed by atoms with Gasteiger partial charge in [-0.15, -0.1) is 0 Å². The predicted molar refractivity (Wildman–Crippen MR) is 279 cm³/mol. The number of para-hydroxylation sites is 5.